The van der Waals surface area contributed by atoms with Crippen LogP contribution in [0.3, 0.4) is 0 Å². The van der Waals surface area contributed by atoms with E-state index in [2.05, 4.69) is 42.2 Å². The maximum absolute atomic E-state index is 12.3. The van der Waals surface area contributed by atoms with Gasteiger partial charge in [0.05, 0.1) is 31.3 Å². The number of benzene rings is 1. The molecule has 2 amide bonds. The third kappa shape index (κ3) is 6.69. The number of anilines is 4. The fraction of sp³-hybridized carbons (Fsp3) is 0.462. The number of urea groups is 1. The van der Waals surface area contributed by atoms with Crippen molar-refractivity contribution in [3.8, 4) is 11.4 Å². The van der Waals surface area contributed by atoms with Crippen LogP contribution < -0.4 is 20.4 Å². The van der Waals surface area contributed by atoms with E-state index in [-0.39, 0.29) is 6.03 Å². The van der Waals surface area contributed by atoms with E-state index in [1.54, 1.807) is 0 Å². The van der Waals surface area contributed by atoms with E-state index in [9.17, 15) is 4.79 Å². The second-order valence-corrected chi connectivity index (χ2v) is 9.32. The molecular weight excluding hydrogens is 484 g/mol. The topological polar surface area (TPSA) is 125 Å². The average Bonchev–Trinajstić information content (AvgIpc) is 3.20. The molecule has 2 aliphatic rings. The SMILES string of the molecule is CCCN1CCCN(c2nc(-c3ccc(NC(=O)Nc4cncnc4)cc3)nc(N3CCOCC3)n2)CC1. The van der Waals surface area contributed by atoms with Gasteiger partial charge < -0.3 is 30.1 Å². The molecule has 12 nitrogen and oxygen atoms in total. The van der Waals surface area contributed by atoms with Crippen LogP contribution in [0.2, 0.25) is 0 Å². The predicted molar refractivity (Wildman–Crippen MR) is 147 cm³/mol. The van der Waals surface area contributed by atoms with Crippen LogP contribution in [-0.2, 0) is 4.74 Å². The third-order valence-electron chi connectivity index (χ3n) is 6.54. The molecule has 2 aromatic heterocycles. The van der Waals surface area contributed by atoms with E-state index in [4.69, 9.17) is 19.7 Å². The number of aromatic nitrogens is 5. The van der Waals surface area contributed by atoms with Crippen LogP contribution in [0.15, 0.2) is 43.0 Å². The number of hydrogen-bond acceptors (Lipinski definition) is 10. The van der Waals surface area contributed by atoms with Crippen LogP contribution in [0.1, 0.15) is 19.8 Å². The minimum atomic E-state index is -0.372. The summed E-state index contributed by atoms with van der Waals surface area (Å²) in [5.74, 6) is 2.00. The van der Waals surface area contributed by atoms with Crippen LogP contribution >= 0.6 is 0 Å². The van der Waals surface area contributed by atoms with Crippen LogP contribution in [0.4, 0.5) is 28.1 Å². The first-order valence-corrected chi connectivity index (χ1v) is 13.2. The fourth-order valence-corrected chi connectivity index (χ4v) is 4.60. The standard InChI is InChI=1S/C26H34N10O2/c1-2-8-34-9-3-10-35(12-11-34)24-31-23(32-25(33-24)36-13-15-38-16-14-36)20-4-6-21(7-5-20)29-26(37)30-22-17-27-19-28-18-22/h4-7,17-19H,2-3,8-16H2,1H3,(H2,29,30,37). The number of carbonyl (C=O) groups is 1. The van der Waals surface area contributed by atoms with Crippen LogP contribution in [0.5, 0.6) is 0 Å². The summed E-state index contributed by atoms with van der Waals surface area (Å²) in [6, 6.07) is 7.12. The van der Waals surface area contributed by atoms with E-state index in [1.165, 1.54) is 18.7 Å². The third-order valence-corrected chi connectivity index (χ3v) is 6.54. The summed E-state index contributed by atoms with van der Waals surface area (Å²) in [4.78, 5) is 41.7. The van der Waals surface area contributed by atoms with Crippen molar-refractivity contribution in [3.05, 3.63) is 43.0 Å². The van der Waals surface area contributed by atoms with Gasteiger partial charge in [-0.15, -0.1) is 0 Å². The first-order chi connectivity index (χ1) is 18.7. The molecule has 3 aromatic rings. The monoisotopic (exact) mass is 518 g/mol. The summed E-state index contributed by atoms with van der Waals surface area (Å²) < 4.78 is 5.54. The summed E-state index contributed by atoms with van der Waals surface area (Å²) in [5.41, 5.74) is 2.02. The number of amides is 2. The van der Waals surface area contributed by atoms with Crippen molar-refractivity contribution >= 4 is 29.3 Å². The van der Waals surface area contributed by atoms with Gasteiger partial charge in [0.25, 0.3) is 0 Å². The summed E-state index contributed by atoms with van der Waals surface area (Å²) >= 11 is 0. The summed E-state index contributed by atoms with van der Waals surface area (Å²) in [7, 11) is 0. The highest BCUT2D eigenvalue weighted by Crippen LogP contribution is 2.24. The van der Waals surface area contributed by atoms with Gasteiger partial charge >= 0.3 is 6.03 Å². The molecule has 38 heavy (non-hydrogen) atoms. The number of morpholine rings is 1. The second kappa shape index (κ2) is 12.6. The van der Waals surface area contributed by atoms with Crippen molar-refractivity contribution in [1.82, 2.24) is 29.8 Å². The van der Waals surface area contributed by atoms with E-state index in [0.29, 0.717) is 42.3 Å². The molecule has 0 unspecified atom stereocenters. The Hall–Kier alpha value is -3.90. The highest BCUT2D eigenvalue weighted by atomic mass is 16.5. The smallest absolute Gasteiger partial charge is 0.323 e. The minimum Gasteiger partial charge on any atom is -0.378 e. The van der Waals surface area contributed by atoms with Crippen LogP contribution in [0, 0.1) is 0 Å². The van der Waals surface area contributed by atoms with Gasteiger partial charge in [-0.25, -0.2) is 14.8 Å². The van der Waals surface area contributed by atoms with Gasteiger partial charge in [0.1, 0.15) is 6.33 Å². The van der Waals surface area contributed by atoms with Gasteiger partial charge in [0.2, 0.25) is 11.9 Å². The van der Waals surface area contributed by atoms with Gasteiger partial charge in [-0.3, -0.25) is 0 Å². The number of rotatable bonds is 7. The van der Waals surface area contributed by atoms with E-state index in [1.807, 2.05) is 24.3 Å². The van der Waals surface area contributed by atoms with Crippen molar-refractivity contribution in [2.45, 2.75) is 19.8 Å². The molecule has 0 saturated carbocycles. The molecule has 200 valence electrons. The van der Waals surface area contributed by atoms with E-state index in [0.717, 1.165) is 64.2 Å². The lowest BCUT2D eigenvalue weighted by Crippen LogP contribution is -2.38. The van der Waals surface area contributed by atoms with E-state index >= 15 is 0 Å². The molecule has 0 radical (unpaired) electrons. The lowest BCUT2D eigenvalue weighted by molar-refractivity contribution is 0.122. The molecule has 0 bridgehead atoms. The molecule has 2 aliphatic heterocycles. The zero-order valence-electron chi connectivity index (χ0n) is 21.7. The Labute approximate surface area is 222 Å². The summed E-state index contributed by atoms with van der Waals surface area (Å²) in [6.07, 6.45) is 6.71. The summed E-state index contributed by atoms with van der Waals surface area (Å²) in [5, 5.41) is 5.53. The Balaban J connectivity index is 1.35. The van der Waals surface area contributed by atoms with Gasteiger partial charge in [-0.2, -0.15) is 15.0 Å². The van der Waals surface area contributed by atoms with Gasteiger partial charge in [0.15, 0.2) is 5.82 Å². The van der Waals surface area contributed by atoms with Crippen molar-refractivity contribution in [2.75, 3.05) is 79.5 Å². The van der Waals surface area contributed by atoms with Gasteiger partial charge in [0, 0.05) is 44.0 Å². The quantitative estimate of drug-likeness (QED) is 0.482. The molecule has 12 heteroatoms. The zero-order valence-corrected chi connectivity index (χ0v) is 21.7. The minimum absolute atomic E-state index is 0.372. The largest absolute Gasteiger partial charge is 0.378 e. The molecule has 1 aromatic carbocycles. The molecule has 2 N–H and O–H groups in total. The molecule has 2 fully saturated rings. The van der Waals surface area contributed by atoms with Crippen molar-refractivity contribution in [3.63, 3.8) is 0 Å². The van der Waals surface area contributed by atoms with E-state index < -0.39 is 0 Å². The Kier molecular flexibility index (Phi) is 8.51. The normalized spacial score (nSPS) is 16.7. The Morgan fingerprint density at radius 2 is 1.53 bits per heavy atom. The Morgan fingerprint density at radius 1 is 0.842 bits per heavy atom. The molecular formula is C26H34N10O2. The molecule has 5 rings (SSSR count). The highest BCUT2D eigenvalue weighted by molar-refractivity contribution is 5.99. The zero-order chi connectivity index (χ0) is 26.2. The average molecular weight is 519 g/mol. The van der Waals surface area contributed by atoms with Crippen molar-refractivity contribution in [2.24, 2.45) is 0 Å². The maximum atomic E-state index is 12.3. The predicted octanol–water partition coefficient (Wildman–Crippen LogP) is 2.73. The lowest BCUT2D eigenvalue weighted by Gasteiger charge is -2.28. The Bertz CT molecular complexity index is 1190. The van der Waals surface area contributed by atoms with Gasteiger partial charge in [-0.05, 0) is 50.2 Å². The molecule has 0 spiro atoms. The van der Waals surface area contributed by atoms with Crippen LogP contribution in [-0.4, -0.2) is 94.9 Å². The Morgan fingerprint density at radius 3 is 2.24 bits per heavy atom. The first-order valence-electron chi connectivity index (χ1n) is 13.2. The maximum Gasteiger partial charge on any atom is 0.323 e. The first kappa shape index (κ1) is 25.7. The fourth-order valence-electron chi connectivity index (χ4n) is 4.60. The molecule has 0 aliphatic carbocycles. The van der Waals surface area contributed by atoms with Crippen LogP contribution in [0.25, 0.3) is 11.4 Å². The number of ether oxygens (including phenoxy) is 1. The number of carbonyl (C=O) groups excluding carboxylic acids is 1. The number of nitrogens with one attached hydrogen (secondary N) is 2. The highest BCUT2D eigenvalue weighted by Gasteiger charge is 2.22. The molecule has 0 atom stereocenters. The van der Waals surface area contributed by atoms with Crippen molar-refractivity contribution in [1.29, 1.82) is 0 Å². The summed E-state index contributed by atoms with van der Waals surface area (Å²) in [6.45, 7) is 10.0. The van der Waals surface area contributed by atoms with Crippen molar-refractivity contribution < 1.29 is 9.53 Å². The number of nitrogens with zero attached hydrogens (tertiary/aromatic N) is 8. The lowest BCUT2D eigenvalue weighted by atomic mass is 10.2. The number of hydrogen-bond donors (Lipinski definition) is 2. The molecule has 4 heterocycles. The van der Waals surface area contributed by atoms with Gasteiger partial charge in [-0.1, -0.05) is 6.92 Å². The second-order valence-electron chi connectivity index (χ2n) is 9.32. The molecule has 2 saturated heterocycles.